The van der Waals surface area contributed by atoms with Gasteiger partial charge in [-0.15, -0.1) is 0 Å². The van der Waals surface area contributed by atoms with E-state index in [1.807, 2.05) is 0 Å². The molecule has 0 aliphatic rings. The first-order chi connectivity index (χ1) is 9.49. The monoisotopic (exact) mass is 286 g/mol. The molecule has 0 fully saturated rings. The van der Waals surface area contributed by atoms with Gasteiger partial charge in [-0.25, -0.2) is 17.6 Å². The lowest BCUT2D eigenvalue weighted by atomic mass is 10.2. The highest BCUT2D eigenvalue weighted by Crippen LogP contribution is 2.10. The summed E-state index contributed by atoms with van der Waals surface area (Å²) in [4.78, 5) is 0. The molecule has 0 bridgehead atoms. The van der Waals surface area contributed by atoms with Crippen molar-refractivity contribution in [3.8, 4) is 0 Å². The maximum absolute atomic E-state index is 12.5. The van der Waals surface area contributed by atoms with Crippen molar-refractivity contribution in [2.24, 2.45) is 11.5 Å². The standard InChI is InChI=1S/2C7H7F2N/c8-6-1-2-7(9)5(3-6)4-10;8-6-2-1-3-7(9)5(6)4-10/h2*1-3H,4,10H2. The van der Waals surface area contributed by atoms with Crippen LogP contribution in [0.5, 0.6) is 0 Å². The Balaban J connectivity index is 0.000000200. The van der Waals surface area contributed by atoms with Crippen molar-refractivity contribution in [3.05, 3.63) is 70.8 Å². The Morgan fingerprint density at radius 2 is 1.35 bits per heavy atom. The minimum atomic E-state index is -0.581. The van der Waals surface area contributed by atoms with Crippen LogP contribution in [0.3, 0.4) is 0 Å². The van der Waals surface area contributed by atoms with Gasteiger partial charge in [-0.1, -0.05) is 6.07 Å². The second-order valence-corrected chi connectivity index (χ2v) is 3.84. The number of hydrogen-bond donors (Lipinski definition) is 2. The van der Waals surface area contributed by atoms with Gasteiger partial charge >= 0.3 is 0 Å². The first-order valence-electron chi connectivity index (χ1n) is 5.76. The van der Waals surface area contributed by atoms with E-state index in [-0.39, 0.29) is 24.2 Å². The minimum Gasteiger partial charge on any atom is -0.326 e. The molecule has 20 heavy (non-hydrogen) atoms. The molecule has 0 unspecified atom stereocenters. The third-order valence-electron chi connectivity index (χ3n) is 2.49. The molecule has 6 heteroatoms. The summed E-state index contributed by atoms with van der Waals surface area (Å²) in [7, 11) is 0. The summed E-state index contributed by atoms with van der Waals surface area (Å²) in [6.45, 7) is -0.0674. The SMILES string of the molecule is NCc1c(F)cccc1F.NCc1cc(F)ccc1F. The molecule has 2 nitrogen and oxygen atoms in total. The Hall–Kier alpha value is -1.92. The Kier molecular flexibility index (Phi) is 6.14. The molecule has 0 saturated carbocycles. The average Bonchev–Trinajstić information content (AvgIpc) is 2.42. The molecule has 108 valence electrons. The minimum absolute atomic E-state index is 0.0313. The molecular weight excluding hydrogens is 272 g/mol. The molecular formula is C14H14F4N2. The summed E-state index contributed by atoms with van der Waals surface area (Å²) in [6.07, 6.45) is 0. The average molecular weight is 286 g/mol. The van der Waals surface area contributed by atoms with Crippen molar-refractivity contribution in [2.75, 3.05) is 0 Å². The van der Waals surface area contributed by atoms with Crippen molar-refractivity contribution in [1.82, 2.24) is 0 Å². The lowest BCUT2D eigenvalue weighted by Crippen LogP contribution is -2.02. The van der Waals surface area contributed by atoms with Gasteiger partial charge in [0.1, 0.15) is 23.3 Å². The molecule has 2 aromatic carbocycles. The van der Waals surface area contributed by atoms with Gasteiger partial charge in [0, 0.05) is 24.2 Å². The molecule has 0 spiro atoms. The molecule has 0 heterocycles. The van der Waals surface area contributed by atoms with Crippen molar-refractivity contribution in [3.63, 3.8) is 0 Å². The van der Waals surface area contributed by atoms with Gasteiger partial charge in [0.15, 0.2) is 0 Å². The Labute approximate surface area is 114 Å². The van der Waals surface area contributed by atoms with E-state index in [0.29, 0.717) is 0 Å². The van der Waals surface area contributed by atoms with Crippen LogP contribution in [0.25, 0.3) is 0 Å². The maximum Gasteiger partial charge on any atom is 0.130 e. The number of rotatable bonds is 2. The maximum atomic E-state index is 12.5. The summed E-state index contributed by atoms with van der Waals surface area (Å²) in [6, 6.07) is 6.90. The molecule has 0 aliphatic heterocycles. The quantitative estimate of drug-likeness (QED) is 0.834. The first kappa shape index (κ1) is 16.1. The van der Waals surface area contributed by atoms with Gasteiger partial charge in [0.05, 0.1) is 0 Å². The van der Waals surface area contributed by atoms with Gasteiger partial charge in [-0.05, 0) is 30.3 Å². The van der Waals surface area contributed by atoms with E-state index in [1.54, 1.807) is 0 Å². The van der Waals surface area contributed by atoms with E-state index in [2.05, 4.69) is 0 Å². The summed E-state index contributed by atoms with van der Waals surface area (Å²) < 4.78 is 49.9. The zero-order chi connectivity index (χ0) is 15.1. The predicted molar refractivity (Wildman–Crippen MR) is 68.5 cm³/mol. The van der Waals surface area contributed by atoms with Crippen molar-refractivity contribution >= 4 is 0 Å². The molecule has 2 rings (SSSR count). The van der Waals surface area contributed by atoms with E-state index in [4.69, 9.17) is 11.5 Å². The third kappa shape index (κ3) is 4.32. The van der Waals surface area contributed by atoms with Crippen LogP contribution in [-0.4, -0.2) is 0 Å². The van der Waals surface area contributed by atoms with Crippen LogP contribution in [0.2, 0.25) is 0 Å². The third-order valence-corrected chi connectivity index (χ3v) is 2.49. The van der Waals surface area contributed by atoms with Gasteiger partial charge in [-0.2, -0.15) is 0 Å². The van der Waals surface area contributed by atoms with Crippen LogP contribution in [0.4, 0.5) is 17.6 Å². The van der Waals surface area contributed by atoms with E-state index in [0.717, 1.165) is 18.2 Å². The Bertz CT molecular complexity index is 553. The normalized spacial score (nSPS) is 9.90. The molecule has 2 aromatic rings. The van der Waals surface area contributed by atoms with Crippen LogP contribution in [-0.2, 0) is 13.1 Å². The second-order valence-electron chi connectivity index (χ2n) is 3.84. The lowest BCUT2D eigenvalue weighted by molar-refractivity contribution is 0.557. The summed E-state index contributed by atoms with van der Waals surface area (Å²) in [5.74, 6) is -2.07. The number of nitrogens with two attached hydrogens (primary N) is 2. The fourth-order valence-electron chi connectivity index (χ4n) is 1.43. The molecule has 0 atom stereocenters. The van der Waals surface area contributed by atoms with Crippen molar-refractivity contribution in [1.29, 1.82) is 0 Å². The molecule has 0 radical (unpaired) electrons. The molecule has 0 saturated heterocycles. The topological polar surface area (TPSA) is 52.0 Å². The summed E-state index contributed by atoms with van der Waals surface area (Å²) in [5.41, 5.74) is 10.3. The highest BCUT2D eigenvalue weighted by Gasteiger charge is 2.04. The first-order valence-corrected chi connectivity index (χ1v) is 5.76. The van der Waals surface area contributed by atoms with Crippen molar-refractivity contribution in [2.45, 2.75) is 13.1 Å². The zero-order valence-electron chi connectivity index (χ0n) is 10.5. The Morgan fingerprint density at radius 1 is 0.750 bits per heavy atom. The van der Waals surface area contributed by atoms with Crippen LogP contribution in [0.1, 0.15) is 11.1 Å². The largest absolute Gasteiger partial charge is 0.326 e. The highest BCUT2D eigenvalue weighted by atomic mass is 19.1. The second kappa shape index (κ2) is 7.62. The van der Waals surface area contributed by atoms with E-state index >= 15 is 0 Å². The zero-order valence-corrected chi connectivity index (χ0v) is 10.5. The summed E-state index contributed by atoms with van der Waals surface area (Å²) >= 11 is 0. The molecule has 0 amide bonds. The van der Waals surface area contributed by atoms with Crippen molar-refractivity contribution < 1.29 is 17.6 Å². The van der Waals surface area contributed by atoms with Crippen LogP contribution in [0, 0.1) is 23.3 Å². The van der Waals surface area contributed by atoms with Crippen LogP contribution in [0.15, 0.2) is 36.4 Å². The van der Waals surface area contributed by atoms with E-state index in [9.17, 15) is 17.6 Å². The predicted octanol–water partition coefficient (Wildman–Crippen LogP) is 2.85. The molecule has 0 aliphatic carbocycles. The van der Waals surface area contributed by atoms with Gasteiger partial charge in [0.25, 0.3) is 0 Å². The summed E-state index contributed by atoms with van der Waals surface area (Å²) in [5, 5.41) is 0. The smallest absolute Gasteiger partial charge is 0.130 e. The lowest BCUT2D eigenvalue weighted by Gasteiger charge is -1.98. The van der Waals surface area contributed by atoms with Crippen LogP contribution >= 0.6 is 0 Å². The van der Waals surface area contributed by atoms with E-state index in [1.165, 1.54) is 18.2 Å². The van der Waals surface area contributed by atoms with E-state index < -0.39 is 23.3 Å². The number of benzene rings is 2. The van der Waals surface area contributed by atoms with Crippen LogP contribution < -0.4 is 11.5 Å². The van der Waals surface area contributed by atoms with Gasteiger partial charge in [0.2, 0.25) is 0 Å². The van der Waals surface area contributed by atoms with Gasteiger partial charge in [-0.3, -0.25) is 0 Å². The Morgan fingerprint density at radius 3 is 1.75 bits per heavy atom. The number of hydrogen-bond acceptors (Lipinski definition) is 2. The van der Waals surface area contributed by atoms with Gasteiger partial charge < -0.3 is 11.5 Å². The highest BCUT2D eigenvalue weighted by molar-refractivity contribution is 5.19. The fraction of sp³-hybridized carbons (Fsp3) is 0.143. The molecule has 0 aromatic heterocycles. The molecule has 4 N–H and O–H groups in total. The fourth-order valence-corrected chi connectivity index (χ4v) is 1.43. The number of halogens is 4.